The van der Waals surface area contributed by atoms with Crippen LogP contribution in [0.3, 0.4) is 0 Å². The SMILES string of the molecule is C/C(=N/NC(=S)Nc1ccc(Br)cc1)c1nnn(-c2ccccc2[N+](=O)[O-])c1C. The van der Waals surface area contributed by atoms with Crippen molar-refractivity contribution in [1.82, 2.24) is 20.4 Å². The summed E-state index contributed by atoms with van der Waals surface area (Å²) in [7, 11) is 0. The minimum atomic E-state index is -0.454. The van der Waals surface area contributed by atoms with Crippen LogP contribution in [-0.2, 0) is 0 Å². The van der Waals surface area contributed by atoms with Crippen LogP contribution < -0.4 is 10.7 Å². The molecule has 1 heterocycles. The van der Waals surface area contributed by atoms with Crippen molar-refractivity contribution in [1.29, 1.82) is 0 Å². The van der Waals surface area contributed by atoms with E-state index in [1.807, 2.05) is 24.3 Å². The van der Waals surface area contributed by atoms with Gasteiger partial charge in [-0.15, -0.1) is 5.10 Å². The molecule has 0 unspecified atom stereocenters. The van der Waals surface area contributed by atoms with Gasteiger partial charge < -0.3 is 5.32 Å². The highest BCUT2D eigenvalue weighted by Crippen LogP contribution is 2.23. The minimum Gasteiger partial charge on any atom is -0.331 e. The Hall–Kier alpha value is -3.18. The van der Waals surface area contributed by atoms with Crippen LogP contribution >= 0.6 is 28.1 Å². The smallest absolute Gasteiger partial charge is 0.294 e. The minimum absolute atomic E-state index is 0.0559. The Labute approximate surface area is 180 Å². The van der Waals surface area contributed by atoms with E-state index < -0.39 is 4.92 Å². The highest BCUT2D eigenvalue weighted by molar-refractivity contribution is 9.10. The van der Waals surface area contributed by atoms with Gasteiger partial charge in [0.1, 0.15) is 11.4 Å². The Balaban J connectivity index is 1.77. The first-order valence-electron chi connectivity index (χ1n) is 8.40. The fourth-order valence-electron chi connectivity index (χ4n) is 2.57. The second kappa shape index (κ2) is 8.88. The zero-order valence-corrected chi connectivity index (χ0v) is 17.9. The largest absolute Gasteiger partial charge is 0.331 e. The van der Waals surface area contributed by atoms with Crippen molar-refractivity contribution in [3.05, 3.63) is 74.5 Å². The maximum absolute atomic E-state index is 11.3. The van der Waals surface area contributed by atoms with Crippen LogP contribution in [-0.4, -0.2) is 30.7 Å². The van der Waals surface area contributed by atoms with Gasteiger partial charge in [0.15, 0.2) is 5.11 Å². The summed E-state index contributed by atoms with van der Waals surface area (Å²) in [4.78, 5) is 10.8. The number of benzene rings is 2. The van der Waals surface area contributed by atoms with Crippen molar-refractivity contribution in [2.75, 3.05) is 5.32 Å². The van der Waals surface area contributed by atoms with Crippen LogP contribution in [0.25, 0.3) is 5.69 Å². The molecular formula is C18H16BrN7O2S. The number of halogens is 1. The molecule has 0 fully saturated rings. The van der Waals surface area contributed by atoms with E-state index in [9.17, 15) is 10.1 Å². The number of rotatable bonds is 5. The molecule has 2 aromatic carbocycles. The van der Waals surface area contributed by atoms with Crippen LogP contribution in [0, 0.1) is 17.0 Å². The molecule has 0 saturated heterocycles. The standard InChI is InChI=1S/C18H16BrN7O2S/c1-11(21-23-18(29)20-14-9-7-13(19)8-10-14)17-12(2)25(24-22-17)15-5-3-4-6-16(15)26(27)28/h3-10H,1-2H3,(H2,20,23,29)/b21-11-. The summed E-state index contributed by atoms with van der Waals surface area (Å²) >= 11 is 8.62. The van der Waals surface area contributed by atoms with E-state index in [-0.39, 0.29) is 5.69 Å². The molecule has 0 spiro atoms. The average Bonchev–Trinajstić information content (AvgIpc) is 3.09. The highest BCUT2D eigenvalue weighted by Gasteiger charge is 2.20. The number of anilines is 1. The van der Waals surface area contributed by atoms with Crippen molar-refractivity contribution in [3.63, 3.8) is 0 Å². The fraction of sp³-hybridized carbons (Fsp3) is 0.111. The number of hydrogen-bond acceptors (Lipinski definition) is 6. The molecule has 0 aliphatic heterocycles. The van der Waals surface area contributed by atoms with Crippen molar-refractivity contribution < 1.29 is 4.92 Å². The molecule has 0 aliphatic carbocycles. The van der Waals surface area contributed by atoms with Gasteiger partial charge in [0.2, 0.25) is 0 Å². The molecular weight excluding hydrogens is 458 g/mol. The van der Waals surface area contributed by atoms with Gasteiger partial charge in [-0.1, -0.05) is 33.3 Å². The summed E-state index contributed by atoms with van der Waals surface area (Å²) in [6, 6.07) is 13.9. The van der Waals surface area contributed by atoms with Crippen LogP contribution in [0.4, 0.5) is 11.4 Å². The summed E-state index contributed by atoms with van der Waals surface area (Å²) in [5.41, 5.74) is 5.51. The zero-order chi connectivity index (χ0) is 21.0. The summed E-state index contributed by atoms with van der Waals surface area (Å²) in [6.07, 6.45) is 0. The molecule has 0 amide bonds. The molecule has 11 heteroatoms. The zero-order valence-electron chi connectivity index (χ0n) is 15.5. The lowest BCUT2D eigenvalue weighted by molar-refractivity contribution is -0.384. The number of nitro groups is 1. The first-order chi connectivity index (χ1) is 13.9. The molecule has 1 aromatic heterocycles. The van der Waals surface area contributed by atoms with E-state index in [0.717, 1.165) is 10.2 Å². The predicted octanol–water partition coefficient (Wildman–Crippen LogP) is 3.96. The Bertz CT molecular complexity index is 1100. The Morgan fingerprint density at radius 2 is 1.93 bits per heavy atom. The Kier molecular flexibility index (Phi) is 6.29. The lowest BCUT2D eigenvalue weighted by Crippen LogP contribution is -2.25. The number of nitro benzene ring substituents is 1. The van der Waals surface area contributed by atoms with E-state index >= 15 is 0 Å². The third-order valence-electron chi connectivity index (χ3n) is 3.97. The number of nitrogens with zero attached hydrogens (tertiary/aromatic N) is 5. The summed E-state index contributed by atoms with van der Waals surface area (Å²) in [5.74, 6) is 0. The molecule has 0 bridgehead atoms. The molecule has 0 atom stereocenters. The fourth-order valence-corrected chi connectivity index (χ4v) is 3.00. The van der Waals surface area contributed by atoms with Gasteiger partial charge >= 0.3 is 0 Å². The first kappa shape index (κ1) is 20.6. The molecule has 29 heavy (non-hydrogen) atoms. The number of nitrogens with one attached hydrogen (secondary N) is 2. The highest BCUT2D eigenvalue weighted by atomic mass is 79.9. The maximum atomic E-state index is 11.3. The van der Waals surface area contributed by atoms with Crippen LogP contribution in [0.1, 0.15) is 18.3 Å². The molecule has 3 rings (SSSR count). The molecule has 0 radical (unpaired) electrons. The molecule has 0 aliphatic rings. The predicted molar refractivity (Wildman–Crippen MR) is 118 cm³/mol. The topological polar surface area (TPSA) is 110 Å². The van der Waals surface area contributed by atoms with Gasteiger partial charge in [0, 0.05) is 16.2 Å². The molecule has 148 valence electrons. The number of para-hydroxylation sites is 2. The van der Waals surface area contributed by atoms with Crippen LogP contribution in [0.2, 0.25) is 0 Å². The normalized spacial score (nSPS) is 11.2. The van der Waals surface area contributed by atoms with E-state index in [1.54, 1.807) is 32.0 Å². The van der Waals surface area contributed by atoms with Gasteiger partial charge in [0.25, 0.3) is 5.69 Å². The van der Waals surface area contributed by atoms with Gasteiger partial charge in [-0.3, -0.25) is 15.5 Å². The number of hydrogen-bond donors (Lipinski definition) is 2. The van der Waals surface area contributed by atoms with E-state index in [0.29, 0.717) is 27.9 Å². The lowest BCUT2D eigenvalue weighted by atomic mass is 10.2. The Morgan fingerprint density at radius 3 is 2.62 bits per heavy atom. The van der Waals surface area contributed by atoms with E-state index in [2.05, 4.69) is 42.1 Å². The summed E-state index contributed by atoms with van der Waals surface area (Å²) < 4.78 is 2.39. The number of hydrazone groups is 1. The summed E-state index contributed by atoms with van der Waals surface area (Å²) in [5, 5.41) is 27.0. The quantitative estimate of drug-likeness (QED) is 0.249. The van der Waals surface area contributed by atoms with Gasteiger partial charge in [-0.2, -0.15) is 5.10 Å². The van der Waals surface area contributed by atoms with Crippen LogP contribution in [0.5, 0.6) is 0 Å². The third kappa shape index (κ3) is 4.81. The third-order valence-corrected chi connectivity index (χ3v) is 4.69. The van der Waals surface area contributed by atoms with Crippen molar-refractivity contribution >= 4 is 50.3 Å². The average molecular weight is 474 g/mol. The van der Waals surface area contributed by atoms with Crippen molar-refractivity contribution in [2.24, 2.45) is 5.10 Å². The van der Waals surface area contributed by atoms with E-state index in [1.165, 1.54) is 10.7 Å². The monoisotopic (exact) mass is 473 g/mol. The first-order valence-corrected chi connectivity index (χ1v) is 9.60. The van der Waals surface area contributed by atoms with Crippen LogP contribution in [0.15, 0.2) is 58.1 Å². The molecule has 9 nitrogen and oxygen atoms in total. The molecule has 2 N–H and O–H groups in total. The van der Waals surface area contributed by atoms with Gasteiger partial charge in [-0.25, -0.2) is 4.68 Å². The molecule has 0 saturated carbocycles. The number of thiocarbonyl (C=S) groups is 1. The second-order valence-corrected chi connectivity index (χ2v) is 7.28. The lowest BCUT2D eigenvalue weighted by Gasteiger charge is -2.08. The van der Waals surface area contributed by atoms with Gasteiger partial charge in [0.05, 0.1) is 16.3 Å². The summed E-state index contributed by atoms with van der Waals surface area (Å²) in [6.45, 7) is 3.51. The van der Waals surface area contributed by atoms with Crippen molar-refractivity contribution in [2.45, 2.75) is 13.8 Å². The molecule has 3 aromatic rings. The van der Waals surface area contributed by atoms with E-state index in [4.69, 9.17) is 12.2 Å². The second-order valence-electron chi connectivity index (χ2n) is 5.95. The number of aromatic nitrogens is 3. The van der Waals surface area contributed by atoms with Crippen molar-refractivity contribution in [3.8, 4) is 5.69 Å². The Morgan fingerprint density at radius 1 is 1.24 bits per heavy atom. The maximum Gasteiger partial charge on any atom is 0.294 e. The van der Waals surface area contributed by atoms with Gasteiger partial charge in [-0.05, 0) is 56.4 Å².